The van der Waals surface area contributed by atoms with E-state index in [4.69, 9.17) is 9.84 Å². The average molecular weight is 237 g/mol. The average Bonchev–Trinajstić information content (AvgIpc) is 2.69. The highest BCUT2D eigenvalue weighted by Gasteiger charge is 2.23. The number of nitrogens with zero attached hydrogens (tertiary/aromatic N) is 1. The van der Waals surface area contributed by atoms with Crippen molar-refractivity contribution in [2.24, 2.45) is 0 Å². The van der Waals surface area contributed by atoms with Gasteiger partial charge in [0.15, 0.2) is 0 Å². The maximum Gasteiger partial charge on any atom is 0.337 e. The van der Waals surface area contributed by atoms with Gasteiger partial charge in [0, 0.05) is 18.4 Å². The fraction of sp³-hybridized carbons (Fsp3) is 0.500. The maximum atomic E-state index is 11.9. The van der Waals surface area contributed by atoms with E-state index in [-0.39, 0.29) is 17.2 Å². The minimum absolute atomic E-state index is 0.0406. The quantitative estimate of drug-likeness (QED) is 0.837. The van der Waals surface area contributed by atoms with Gasteiger partial charge in [-0.1, -0.05) is 0 Å². The molecule has 0 aliphatic carbocycles. The summed E-state index contributed by atoms with van der Waals surface area (Å²) in [5, 5.41) is 9.16. The van der Waals surface area contributed by atoms with E-state index in [1.165, 1.54) is 6.07 Å². The number of aromatic nitrogens is 1. The highest BCUT2D eigenvalue weighted by atomic mass is 16.5. The van der Waals surface area contributed by atoms with Crippen molar-refractivity contribution < 1.29 is 14.6 Å². The molecule has 92 valence electrons. The van der Waals surface area contributed by atoms with E-state index in [9.17, 15) is 9.59 Å². The van der Waals surface area contributed by atoms with Gasteiger partial charge in [-0.2, -0.15) is 0 Å². The minimum atomic E-state index is -0.993. The van der Waals surface area contributed by atoms with Crippen LogP contribution in [0.1, 0.15) is 34.1 Å². The third-order valence-electron chi connectivity index (χ3n) is 3.18. The Kier molecular flexibility index (Phi) is 3.02. The lowest BCUT2D eigenvalue weighted by molar-refractivity contribution is 0.0693. The van der Waals surface area contributed by atoms with Gasteiger partial charge in [-0.3, -0.25) is 4.79 Å². The normalized spacial score (nSPS) is 19.5. The molecule has 0 aromatic carbocycles. The first-order valence-electron chi connectivity index (χ1n) is 5.56. The predicted molar refractivity (Wildman–Crippen MR) is 61.6 cm³/mol. The molecule has 1 fully saturated rings. The van der Waals surface area contributed by atoms with E-state index in [0.29, 0.717) is 24.5 Å². The van der Waals surface area contributed by atoms with Crippen molar-refractivity contribution in [2.75, 3.05) is 13.2 Å². The van der Waals surface area contributed by atoms with Crippen LogP contribution >= 0.6 is 0 Å². The van der Waals surface area contributed by atoms with Gasteiger partial charge in [0.25, 0.3) is 5.56 Å². The Morgan fingerprint density at radius 2 is 2.24 bits per heavy atom. The summed E-state index contributed by atoms with van der Waals surface area (Å²) in [5.74, 6) is -0.993. The van der Waals surface area contributed by atoms with Crippen molar-refractivity contribution in [3.8, 4) is 0 Å². The van der Waals surface area contributed by atoms with Crippen molar-refractivity contribution in [1.82, 2.24) is 4.57 Å². The summed E-state index contributed by atoms with van der Waals surface area (Å²) in [5.41, 5.74) is 1.09. The summed E-state index contributed by atoms with van der Waals surface area (Å²) >= 11 is 0. The van der Waals surface area contributed by atoms with Crippen LogP contribution in [0.5, 0.6) is 0 Å². The second kappa shape index (κ2) is 4.33. The van der Waals surface area contributed by atoms with Gasteiger partial charge in [0.2, 0.25) is 0 Å². The summed E-state index contributed by atoms with van der Waals surface area (Å²) < 4.78 is 6.79. The molecule has 1 aliphatic rings. The standard InChI is InChI=1S/C12H15NO4/c1-7-5-10(14)13(9-3-4-17-6-9)8(2)11(7)12(15)16/h5,9H,3-4,6H2,1-2H3,(H,15,16). The maximum absolute atomic E-state index is 11.9. The molecule has 1 N–H and O–H groups in total. The van der Waals surface area contributed by atoms with Crippen LogP contribution in [-0.2, 0) is 4.74 Å². The molecule has 1 atom stereocenters. The van der Waals surface area contributed by atoms with Gasteiger partial charge < -0.3 is 14.4 Å². The van der Waals surface area contributed by atoms with E-state index in [0.717, 1.165) is 6.42 Å². The number of rotatable bonds is 2. The largest absolute Gasteiger partial charge is 0.478 e. The Labute approximate surface area is 98.6 Å². The molecule has 0 amide bonds. The molecule has 1 aromatic heterocycles. The Bertz CT molecular complexity index is 512. The number of carbonyl (C=O) groups is 1. The molecule has 0 radical (unpaired) electrons. The molecule has 2 heterocycles. The van der Waals surface area contributed by atoms with Crippen LogP contribution in [0.25, 0.3) is 0 Å². The number of pyridine rings is 1. The lowest BCUT2D eigenvalue weighted by Crippen LogP contribution is -2.29. The van der Waals surface area contributed by atoms with Crippen LogP contribution < -0.4 is 5.56 Å². The molecule has 17 heavy (non-hydrogen) atoms. The minimum Gasteiger partial charge on any atom is -0.478 e. The molecular weight excluding hydrogens is 222 g/mol. The fourth-order valence-electron chi connectivity index (χ4n) is 2.40. The number of aromatic carboxylic acids is 1. The zero-order valence-corrected chi connectivity index (χ0v) is 9.90. The van der Waals surface area contributed by atoms with Gasteiger partial charge >= 0.3 is 5.97 Å². The molecule has 5 heteroatoms. The van der Waals surface area contributed by atoms with E-state index < -0.39 is 5.97 Å². The van der Waals surface area contributed by atoms with Crippen molar-refractivity contribution in [1.29, 1.82) is 0 Å². The topological polar surface area (TPSA) is 68.5 Å². The Morgan fingerprint density at radius 1 is 1.53 bits per heavy atom. The summed E-state index contributed by atoms with van der Waals surface area (Å²) in [7, 11) is 0. The predicted octanol–water partition coefficient (Wildman–Crippen LogP) is 1.12. The van der Waals surface area contributed by atoms with Crippen LogP contribution in [0.15, 0.2) is 10.9 Å². The van der Waals surface area contributed by atoms with Crippen LogP contribution in [0, 0.1) is 13.8 Å². The first-order valence-corrected chi connectivity index (χ1v) is 5.56. The second-order valence-corrected chi connectivity index (χ2v) is 4.32. The zero-order chi connectivity index (χ0) is 12.6. The number of aryl methyl sites for hydroxylation is 1. The molecule has 0 bridgehead atoms. The number of hydrogen-bond acceptors (Lipinski definition) is 3. The van der Waals surface area contributed by atoms with Crippen molar-refractivity contribution >= 4 is 5.97 Å². The number of carboxylic acid groups (broad SMARTS) is 1. The summed E-state index contributed by atoms with van der Waals surface area (Å²) in [6, 6.07) is 1.34. The number of carboxylic acids is 1. The van der Waals surface area contributed by atoms with Crippen LogP contribution in [0.3, 0.4) is 0 Å². The summed E-state index contributed by atoms with van der Waals surface area (Å²) in [4.78, 5) is 23.1. The van der Waals surface area contributed by atoms with Gasteiger partial charge in [-0.05, 0) is 25.8 Å². The molecule has 2 rings (SSSR count). The highest BCUT2D eigenvalue weighted by molar-refractivity contribution is 5.90. The number of hydrogen-bond donors (Lipinski definition) is 1. The smallest absolute Gasteiger partial charge is 0.337 e. The van der Waals surface area contributed by atoms with E-state index in [1.807, 2.05) is 0 Å². The lowest BCUT2D eigenvalue weighted by Gasteiger charge is -2.18. The second-order valence-electron chi connectivity index (χ2n) is 4.32. The summed E-state index contributed by atoms with van der Waals surface area (Å²) in [6.07, 6.45) is 0.753. The van der Waals surface area contributed by atoms with Gasteiger partial charge in [0.05, 0.1) is 18.2 Å². The SMILES string of the molecule is Cc1cc(=O)n(C2CCOC2)c(C)c1C(=O)O. The third kappa shape index (κ3) is 1.98. The highest BCUT2D eigenvalue weighted by Crippen LogP contribution is 2.21. The van der Waals surface area contributed by atoms with Crippen LogP contribution in [-0.4, -0.2) is 28.9 Å². The van der Waals surface area contributed by atoms with E-state index >= 15 is 0 Å². The van der Waals surface area contributed by atoms with E-state index in [2.05, 4.69) is 0 Å². The van der Waals surface area contributed by atoms with Crippen molar-refractivity contribution in [3.63, 3.8) is 0 Å². The van der Waals surface area contributed by atoms with Crippen molar-refractivity contribution in [2.45, 2.75) is 26.3 Å². The van der Waals surface area contributed by atoms with Gasteiger partial charge in [-0.15, -0.1) is 0 Å². The Balaban J connectivity index is 2.62. The van der Waals surface area contributed by atoms with Crippen LogP contribution in [0.4, 0.5) is 0 Å². The van der Waals surface area contributed by atoms with Crippen LogP contribution in [0.2, 0.25) is 0 Å². The Morgan fingerprint density at radius 3 is 2.76 bits per heavy atom. The van der Waals surface area contributed by atoms with Gasteiger partial charge in [-0.25, -0.2) is 4.79 Å². The molecule has 1 saturated heterocycles. The molecule has 0 spiro atoms. The van der Waals surface area contributed by atoms with E-state index in [1.54, 1.807) is 18.4 Å². The first kappa shape index (κ1) is 11.9. The molecular formula is C12H15NO4. The molecule has 1 aliphatic heterocycles. The zero-order valence-electron chi connectivity index (χ0n) is 9.90. The fourth-order valence-corrected chi connectivity index (χ4v) is 2.40. The molecule has 1 unspecified atom stereocenters. The molecule has 0 saturated carbocycles. The monoisotopic (exact) mass is 237 g/mol. The van der Waals surface area contributed by atoms with Crippen molar-refractivity contribution in [3.05, 3.63) is 33.2 Å². The molecule has 1 aromatic rings. The Hall–Kier alpha value is -1.62. The van der Waals surface area contributed by atoms with Gasteiger partial charge in [0.1, 0.15) is 0 Å². The third-order valence-corrected chi connectivity index (χ3v) is 3.18. The molecule has 5 nitrogen and oxygen atoms in total. The first-order chi connectivity index (χ1) is 8.02. The lowest BCUT2D eigenvalue weighted by atomic mass is 10.1. The summed E-state index contributed by atoms with van der Waals surface area (Å²) in [6.45, 7) is 4.42. The number of ether oxygens (including phenoxy) is 1.